The Balaban J connectivity index is 1.87. The summed E-state index contributed by atoms with van der Waals surface area (Å²) in [6.07, 6.45) is 4.30. The van der Waals surface area contributed by atoms with Crippen molar-refractivity contribution >= 4 is 27.7 Å². The fourth-order valence-corrected chi connectivity index (χ4v) is 3.03. The SMILES string of the molecule is O=C(O)C1CCN(c2nccn(-c3ccc(Br)cc3)c2=O)CC1. The van der Waals surface area contributed by atoms with Crippen LogP contribution in [0.15, 0.2) is 45.9 Å². The average Bonchev–Trinajstić information content (AvgIpc) is 2.56. The van der Waals surface area contributed by atoms with Crippen molar-refractivity contribution in [3.63, 3.8) is 0 Å². The molecule has 120 valence electrons. The lowest BCUT2D eigenvalue weighted by Crippen LogP contribution is -2.40. The van der Waals surface area contributed by atoms with E-state index in [0.717, 1.165) is 10.2 Å². The first-order valence-electron chi connectivity index (χ1n) is 7.37. The molecule has 1 saturated heterocycles. The topological polar surface area (TPSA) is 75.4 Å². The third-order valence-electron chi connectivity index (χ3n) is 4.07. The highest BCUT2D eigenvalue weighted by molar-refractivity contribution is 9.10. The highest BCUT2D eigenvalue weighted by Crippen LogP contribution is 2.20. The van der Waals surface area contributed by atoms with E-state index >= 15 is 0 Å². The third kappa shape index (κ3) is 3.29. The van der Waals surface area contributed by atoms with Gasteiger partial charge in [-0.1, -0.05) is 15.9 Å². The molecule has 1 N–H and O–H groups in total. The Hall–Kier alpha value is -2.15. The molecule has 0 bridgehead atoms. The van der Waals surface area contributed by atoms with Crippen LogP contribution in [0.5, 0.6) is 0 Å². The summed E-state index contributed by atoms with van der Waals surface area (Å²) in [6, 6.07) is 7.46. The lowest BCUT2D eigenvalue weighted by Gasteiger charge is -2.30. The normalized spacial score (nSPS) is 15.6. The van der Waals surface area contributed by atoms with E-state index in [-0.39, 0.29) is 11.5 Å². The number of benzene rings is 1. The molecule has 6 nitrogen and oxygen atoms in total. The van der Waals surface area contributed by atoms with Crippen LogP contribution in [0.3, 0.4) is 0 Å². The summed E-state index contributed by atoms with van der Waals surface area (Å²) in [5, 5.41) is 9.06. The second-order valence-corrected chi connectivity index (χ2v) is 6.42. The van der Waals surface area contributed by atoms with Gasteiger partial charge in [-0.2, -0.15) is 0 Å². The number of piperidine rings is 1. The van der Waals surface area contributed by atoms with Crippen LogP contribution in [0.1, 0.15) is 12.8 Å². The van der Waals surface area contributed by atoms with Crippen LogP contribution in [-0.4, -0.2) is 33.7 Å². The number of carboxylic acids is 1. The quantitative estimate of drug-likeness (QED) is 0.887. The Morgan fingerprint density at radius 1 is 1.22 bits per heavy atom. The molecule has 0 amide bonds. The van der Waals surface area contributed by atoms with Gasteiger partial charge in [0.2, 0.25) is 0 Å². The van der Waals surface area contributed by atoms with E-state index < -0.39 is 5.97 Å². The van der Waals surface area contributed by atoms with Gasteiger partial charge in [-0.25, -0.2) is 4.98 Å². The van der Waals surface area contributed by atoms with E-state index in [1.165, 1.54) is 0 Å². The van der Waals surface area contributed by atoms with Crippen LogP contribution in [0.4, 0.5) is 5.82 Å². The number of aliphatic carboxylic acids is 1. The standard InChI is InChI=1S/C16H16BrN3O3/c17-12-1-3-13(4-2-12)20-10-7-18-14(15(20)21)19-8-5-11(6-9-19)16(22)23/h1-4,7,10-11H,5-6,8-9H2,(H,22,23). The Morgan fingerprint density at radius 2 is 1.87 bits per heavy atom. The van der Waals surface area contributed by atoms with E-state index in [0.29, 0.717) is 31.7 Å². The first kappa shape index (κ1) is 15.7. The summed E-state index contributed by atoms with van der Waals surface area (Å²) in [7, 11) is 0. The maximum Gasteiger partial charge on any atom is 0.306 e. The number of halogens is 1. The van der Waals surface area contributed by atoms with Crippen molar-refractivity contribution in [3.8, 4) is 5.69 Å². The molecule has 1 aliphatic rings. The monoisotopic (exact) mass is 377 g/mol. The Morgan fingerprint density at radius 3 is 2.48 bits per heavy atom. The molecule has 1 aromatic heterocycles. The second kappa shape index (κ2) is 6.54. The fraction of sp³-hybridized carbons (Fsp3) is 0.312. The highest BCUT2D eigenvalue weighted by Gasteiger charge is 2.26. The van der Waals surface area contributed by atoms with E-state index in [1.54, 1.807) is 17.0 Å². The zero-order valence-electron chi connectivity index (χ0n) is 12.4. The van der Waals surface area contributed by atoms with Gasteiger partial charge in [0.25, 0.3) is 5.56 Å². The Kier molecular flexibility index (Phi) is 4.47. The van der Waals surface area contributed by atoms with Crippen molar-refractivity contribution in [3.05, 3.63) is 51.5 Å². The number of carboxylic acid groups (broad SMARTS) is 1. The van der Waals surface area contributed by atoms with E-state index in [2.05, 4.69) is 20.9 Å². The number of carbonyl (C=O) groups is 1. The van der Waals surface area contributed by atoms with Crippen LogP contribution in [0, 0.1) is 5.92 Å². The van der Waals surface area contributed by atoms with E-state index in [4.69, 9.17) is 5.11 Å². The summed E-state index contributed by atoms with van der Waals surface area (Å²) < 4.78 is 2.50. The lowest BCUT2D eigenvalue weighted by atomic mass is 9.97. The molecule has 0 spiro atoms. The Bertz CT molecular complexity index is 765. The maximum atomic E-state index is 12.7. The van der Waals surface area contributed by atoms with Crippen LogP contribution >= 0.6 is 15.9 Å². The molecule has 0 unspecified atom stereocenters. The predicted octanol–water partition coefficient (Wildman–Crippen LogP) is 2.30. The molecular weight excluding hydrogens is 362 g/mol. The van der Waals surface area contributed by atoms with Gasteiger partial charge in [0.05, 0.1) is 5.92 Å². The smallest absolute Gasteiger partial charge is 0.306 e. The molecule has 1 aliphatic heterocycles. The molecule has 23 heavy (non-hydrogen) atoms. The van der Waals surface area contributed by atoms with Gasteiger partial charge in [0.15, 0.2) is 5.82 Å². The zero-order chi connectivity index (χ0) is 16.4. The summed E-state index contributed by atoms with van der Waals surface area (Å²) in [5.41, 5.74) is 0.575. The first-order chi connectivity index (χ1) is 11.1. The molecule has 0 aliphatic carbocycles. The van der Waals surface area contributed by atoms with Crippen molar-refractivity contribution in [1.82, 2.24) is 9.55 Å². The number of hydrogen-bond acceptors (Lipinski definition) is 4. The van der Waals surface area contributed by atoms with E-state index in [1.807, 2.05) is 29.2 Å². The van der Waals surface area contributed by atoms with Crippen molar-refractivity contribution < 1.29 is 9.90 Å². The molecule has 0 saturated carbocycles. The first-order valence-corrected chi connectivity index (χ1v) is 8.17. The molecule has 0 atom stereocenters. The van der Waals surface area contributed by atoms with Crippen molar-refractivity contribution in [2.24, 2.45) is 5.92 Å². The van der Waals surface area contributed by atoms with Gasteiger partial charge in [-0.15, -0.1) is 0 Å². The second-order valence-electron chi connectivity index (χ2n) is 5.50. The van der Waals surface area contributed by atoms with Gasteiger partial charge in [-0.05, 0) is 37.1 Å². The maximum absolute atomic E-state index is 12.7. The van der Waals surface area contributed by atoms with Gasteiger partial charge >= 0.3 is 5.97 Å². The summed E-state index contributed by atoms with van der Waals surface area (Å²) >= 11 is 3.37. The molecule has 7 heteroatoms. The molecule has 3 rings (SSSR count). The lowest BCUT2D eigenvalue weighted by molar-refractivity contribution is -0.142. The highest BCUT2D eigenvalue weighted by atomic mass is 79.9. The largest absolute Gasteiger partial charge is 0.481 e. The number of hydrogen-bond donors (Lipinski definition) is 1. The molecule has 1 aromatic carbocycles. The van der Waals surface area contributed by atoms with Gasteiger partial charge in [0, 0.05) is 35.6 Å². The Labute approximate surface area is 141 Å². The summed E-state index contributed by atoms with van der Waals surface area (Å²) in [5.74, 6) is -0.721. The van der Waals surface area contributed by atoms with Crippen molar-refractivity contribution in [2.75, 3.05) is 18.0 Å². The van der Waals surface area contributed by atoms with E-state index in [9.17, 15) is 9.59 Å². The molecular formula is C16H16BrN3O3. The number of rotatable bonds is 3. The van der Waals surface area contributed by atoms with Crippen LogP contribution in [0.2, 0.25) is 0 Å². The summed E-state index contributed by atoms with van der Waals surface area (Å²) in [4.78, 5) is 29.8. The predicted molar refractivity (Wildman–Crippen MR) is 90.1 cm³/mol. The number of nitrogens with zero attached hydrogens (tertiary/aromatic N) is 3. The number of aromatic nitrogens is 2. The number of anilines is 1. The minimum atomic E-state index is -0.766. The van der Waals surface area contributed by atoms with Crippen LogP contribution in [0.25, 0.3) is 5.69 Å². The van der Waals surface area contributed by atoms with Crippen molar-refractivity contribution in [1.29, 1.82) is 0 Å². The zero-order valence-corrected chi connectivity index (χ0v) is 13.9. The molecule has 0 radical (unpaired) electrons. The molecule has 1 fully saturated rings. The van der Waals surface area contributed by atoms with Gasteiger partial charge in [-0.3, -0.25) is 14.2 Å². The van der Waals surface area contributed by atoms with Crippen LogP contribution < -0.4 is 10.5 Å². The fourth-order valence-electron chi connectivity index (χ4n) is 2.76. The van der Waals surface area contributed by atoms with Gasteiger partial charge in [0.1, 0.15) is 0 Å². The molecule has 2 heterocycles. The summed E-state index contributed by atoms with van der Waals surface area (Å²) in [6.45, 7) is 1.06. The minimum Gasteiger partial charge on any atom is -0.481 e. The average molecular weight is 378 g/mol. The minimum absolute atomic E-state index is 0.191. The third-order valence-corrected chi connectivity index (χ3v) is 4.60. The van der Waals surface area contributed by atoms with Crippen LogP contribution in [-0.2, 0) is 4.79 Å². The van der Waals surface area contributed by atoms with Crippen molar-refractivity contribution in [2.45, 2.75) is 12.8 Å². The van der Waals surface area contributed by atoms with Gasteiger partial charge < -0.3 is 10.0 Å². The molecule has 2 aromatic rings.